The Bertz CT molecular complexity index is 1220. The predicted octanol–water partition coefficient (Wildman–Crippen LogP) is 2.31. The summed E-state index contributed by atoms with van der Waals surface area (Å²) >= 11 is 0. The van der Waals surface area contributed by atoms with Gasteiger partial charge >= 0.3 is 23.9 Å². The van der Waals surface area contributed by atoms with Crippen LogP contribution in [0.15, 0.2) is 42.3 Å². The molecule has 3 rings (SSSR count). The molecule has 0 N–H and O–H groups in total. The van der Waals surface area contributed by atoms with E-state index in [0.717, 1.165) is 11.1 Å². The van der Waals surface area contributed by atoms with E-state index in [-0.39, 0.29) is 5.76 Å². The Balaban J connectivity index is 2.04. The molecule has 0 radical (unpaired) electrons. The third kappa shape index (κ3) is 6.75. The van der Waals surface area contributed by atoms with Gasteiger partial charge in [0.15, 0.2) is 12.2 Å². The fourth-order valence-corrected chi connectivity index (χ4v) is 4.26. The van der Waals surface area contributed by atoms with Gasteiger partial charge in [-0.25, -0.2) is 9.48 Å². The number of methoxy groups -OCH3 is 1. The lowest BCUT2D eigenvalue weighted by Crippen LogP contribution is -2.52. The Labute approximate surface area is 219 Å². The molecule has 1 unspecified atom stereocenters. The zero-order valence-electron chi connectivity index (χ0n) is 22.1. The van der Waals surface area contributed by atoms with Gasteiger partial charge in [-0.2, -0.15) is 0 Å². The van der Waals surface area contributed by atoms with Crippen LogP contribution in [-0.2, 0) is 42.9 Å². The van der Waals surface area contributed by atoms with E-state index < -0.39 is 60.8 Å². The largest absolute Gasteiger partial charge is 0.479 e. The summed E-state index contributed by atoms with van der Waals surface area (Å²) in [6.45, 7) is 6.89. The number of ether oxygens (including phenoxy) is 5. The lowest BCUT2D eigenvalue weighted by molar-refractivity contribution is -0.190. The number of nitrogens with zero attached hydrogens (tertiary/aromatic N) is 3. The van der Waals surface area contributed by atoms with Crippen LogP contribution >= 0.6 is 0 Å². The molecule has 0 spiro atoms. The van der Waals surface area contributed by atoms with Gasteiger partial charge in [-0.05, 0) is 18.6 Å². The van der Waals surface area contributed by atoms with E-state index >= 15 is 0 Å². The molecule has 0 saturated carbocycles. The average molecular weight is 530 g/mol. The highest BCUT2D eigenvalue weighted by molar-refractivity contribution is 5.86. The maximum absolute atomic E-state index is 12.6. The minimum absolute atomic E-state index is 0.153. The van der Waals surface area contributed by atoms with Crippen molar-refractivity contribution in [3.8, 4) is 11.3 Å². The maximum atomic E-state index is 12.6. The van der Waals surface area contributed by atoms with Crippen molar-refractivity contribution in [1.82, 2.24) is 15.0 Å². The van der Waals surface area contributed by atoms with Crippen molar-refractivity contribution in [1.29, 1.82) is 0 Å². The minimum Gasteiger partial charge on any atom is -0.479 e. The van der Waals surface area contributed by atoms with Gasteiger partial charge in [-0.15, -0.1) is 5.10 Å². The first-order valence-electron chi connectivity index (χ1n) is 11.9. The quantitative estimate of drug-likeness (QED) is 0.348. The second-order valence-electron chi connectivity index (χ2n) is 8.88. The number of carbonyl (C=O) groups excluding carboxylic acids is 4. The van der Waals surface area contributed by atoms with Crippen LogP contribution in [0, 0.1) is 12.8 Å². The Morgan fingerprint density at radius 1 is 1.05 bits per heavy atom. The first-order valence-corrected chi connectivity index (χ1v) is 11.9. The SMILES string of the molecule is COC(=O)C1=C[C@H](n2cc(-c3ccccc3C)nn2)[C@@H](C)[C@H]([C@H](OC(C)=O)C(COC(C)=O)OC(C)=O)O1. The summed E-state index contributed by atoms with van der Waals surface area (Å²) in [7, 11) is 1.20. The molecular formula is C26H31N3O9. The zero-order chi connectivity index (χ0) is 28.0. The highest BCUT2D eigenvalue weighted by atomic mass is 16.6. The molecule has 5 atom stereocenters. The van der Waals surface area contributed by atoms with E-state index in [1.54, 1.807) is 23.9 Å². The second kappa shape index (κ2) is 12.3. The van der Waals surface area contributed by atoms with Crippen LogP contribution < -0.4 is 0 Å². The molecule has 12 nitrogen and oxygen atoms in total. The van der Waals surface area contributed by atoms with Crippen molar-refractivity contribution in [2.24, 2.45) is 5.92 Å². The molecule has 1 aromatic heterocycles. The van der Waals surface area contributed by atoms with Crippen molar-refractivity contribution in [3.63, 3.8) is 0 Å². The lowest BCUT2D eigenvalue weighted by Gasteiger charge is -2.40. The number of benzene rings is 1. The normalized spacial score (nSPS) is 20.3. The zero-order valence-corrected chi connectivity index (χ0v) is 22.1. The molecule has 0 amide bonds. The van der Waals surface area contributed by atoms with Crippen molar-refractivity contribution in [2.45, 2.75) is 59.0 Å². The summed E-state index contributed by atoms with van der Waals surface area (Å²) in [6.07, 6.45) is -0.222. The van der Waals surface area contributed by atoms with Crippen LogP contribution in [0.2, 0.25) is 0 Å². The minimum atomic E-state index is -1.25. The highest BCUT2D eigenvalue weighted by Crippen LogP contribution is 2.36. The van der Waals surface area contributed by atoms with Gasteiger partial charge in [0.05, 0.1) is 19.3 Å². The smallest absolute Gasteiger partial charge is 0.373 e. The molecule has 2 aromatic rings. The number of aryl methyl sites for hydroxylation is 1. The Kier molecular flexibility index (Phi) is 9.21. The van der Waals surface area contributed by atoms with E-state index in [4.69, 9.17) is 23.7 Å². The number of aromatic nitrogens is 3. The topological polar surface area (TPSA) is 145 Å². The van der Waals surface area contributed by atoms with E-state index in [1.807, 2.05) is 31.2 Å². The molecule has 0 aliphatic carbocycles. The van der Waals surface area contributed by atoms with E-state index in [1.165, 1.54) is 27.9 Å². The molecule has 0 bridgehead atoms. The molecular weight excluding hydrogens is 498 g/mol. The fourth-order valence-electron chi connectivity index (χ4n) is 4.26. The van der Waals surface area contributed by atoms with Crippen molar-refractivity contribution in [2.75, 3.05) is 13.7 Å². The fraction of sp³-hybridized carbons (Fsp3) is 0.462. The standard InChI is InChI=1S/C26H31N3O9/c1-14-9-7-8-10-19(14)20-12-29(28-27-20)21-11-22(26(33)34-6)38-24(15(21)2)25(37-18(5)32)23(36-17(4)31)13-35-16(3)30/h7-12,15,21,23-25H,13H2,1-6H3/t15-,21+,23?,24-,25-/m1/s1. The molecule has 12 heteroatoms. The van der Waals surface area contributed by atoms with Gasteiger partial charge in [-0.1, -0.05) is 36.4 Å². The van der Waals surface area contributed by atoms with Crippen molar-refractivity contribution < 1.29 is 42.9 Å². The molecule has 204 valence electrons. The monoisotopic (exact) mass is 529 g/mol. The second-order valence-corrected chi connectivity index (χ2v) is 8.88. The molecule has 1 aliphatic rings. The number of hydrogen-bond acceptors (Lipinski definition) is 11. The van der Waals surface area contributed by atoms with Crippen LogP contribution in [0.1, 0.15) is 39.3 Å². The van der Waals surface area contributed by atoms with Crippen LogP contribution in [0.25, 0.3) is 11.3 Å². The highest BCUT2D eigenvalue weighted by Gasteiger charge is 2.46. The van der Waals surface area contributed by atoms with Crippen LogP contribution in [0.5, 0.6) is 0 Å². The third-order valence-corrected chi connectivity index (χ3v) is 6.03. The Hall–Kier alpha value is -4.22. The van der Waals surface area contributed by atoms with Gasteiger partial charge < -0.3 is 23.7 Å². The summed E-state index contributed by atoms with van der Waals surface area (Å²) in [6, 6.07) is 7.10. The van der Waals surface area contributed by atoms with Crippen LogP contribution in [0.4, 0.5) is 0 Å². The Morgan fingerprint density at radius 3 is 2.34 bits per heavy atom. The first-order chi connectivity index (χ1) is 18.0. The van der Waals surface area contributed by atoms with Gasteiger partial charge in [-0.3, -0.25) is 14.4 Å². The molecule has 1 aromatic carbocycles. The van der Waals surface area contributed by atoms with Crippen LogP contribution in [-0.4, -0.2) is 70.9 Å². The van der Waals surface area contributed by atoms with Crippen molar-refractivity contribution >= 4 is 23.9 Å². The molecule has 1 aliphatic heterocycles. The van der Waals surface area contributed by atoms with Gasteiger partial charge in [0, 0.05) is 32.3 Å². The number of rotatable bonds is 9. The molecule has 2 heterocycles. The van der Waals surface area contributed by atoms with Gasteiger partial charge in [0.1, 0.15) is 18.4 Å². The van der Waals surface area contributed by atoms with E-state index in [9.17, 15) is 19.2 Å². The van der Waals surface area contributed by atoms with Gasteiger partial charge in [0.2, 0.25) is 5.76 Å². The molecule has 38 heavy (non-hydrogen) atoms. The average Bonchev–Trinajstić information content (AvgIpc) is 3.34. The summed E-state index contributed by atoms with van der Waals surface area (Å²) in [5.74, 6) is -3.44. The molecule has 0 fully saturated rings. The third-order valence-electron chi connectivity index (χ3n) is 6.03. The molecule has 0 saturated heterocycles. The number of carbonyl (C=O) groups is 4. The number of hydrogen-bond donors (Lipinski definition) is 0. The first kappa shape index (κ1) is 28.4. The lowest BCUT2D eigenvalue weighted by atomic mass is 9.87. The van der Waals surface area contributed by atoms with Crippen LogP contribution in [0.3, 0.4) is 0 Å². The van der Waals surface area contributed by atoms with Gasteiger partial charge in [0.25, 0.3) is 0 Å². The summed E-state index contributed by atoms with van der Waals surface area (Å²) < 4.78 is 28.4. The summed E-state index contributed by atoms with van der Waals surface area (Å²) in [4.78, 5) is 48.0. The van der Waals surface area contributed by atoms with E-state index in [2.05, 4.69) is 10.3 Å². The summed E-state index contributed by atoms with van der Waals surface area (Å²) in [5, 5.41) is 8.59. The number of allylic oxidation sites excluding steroid dienone is 1. The predicted molar refractivity (Wildman–Crippen MR) is 131 cm³/mol. The van der Waals surface area contributed by atoms with E-state index in [0.29, 0.717) is 5.69 Å². The van der Waals surface area contributed by atoms with Crippen molar-refractivity contribution in [3.05, 3.63) is 47.9 Å². The summed E-state index contributed by atoms with van der Waals surface area (Å²) in [5.41, 5.74) is 2.52. The number of esters is 4. The maximum Gasteiger partial charge on any atom is 0.373 e. The Morgan fingerprint density at radius 2 is 1.74 bits per heavy atom.